The van der Waals surface area contributed by atoms with E-state index >= 15 is 0 Å². The minimum absolute atomic E-state index is 0. The highest BCUT2D eigenvalue weighted by molar-refractivity contribution is 6.31. The molecule has 0 aliphatic heterocycles. The van der Waals surface area contributed by atoms with Crippen LogP contribution in [0.5, 0.6) is 0 Å². The number of hydrogen-bond donors (Lipinski definition) is 0. The summed E-state index contributed by atoms with van der Waals surface area (Å²) < 4.78 is 1.89. The number of halogens is 4. The Morgan fingerprint density at radius 3 is 2.32 bits per heavy atom. The van der Waals surface area contributed by atoms with Crippen LogP contribution >= 0.6 is 48.2 Å². The largest absolute Gasteiger partial charge is 0.215 e. The van der Waals surface area contributed by atoms with Crippen LogP contribution in [0.2, 0.25) is 5.02 Å². The quantitative estimate of drug-likeness (QED) is 0.631. The van der Waals surface area contributed by atoms with E-state index in [0.717, 1.165) is 29.6 Å². The molecule has 110 valence electrons. The molecule has 19 heavy (non-hydrogen) atoms. The van der Waals surface area contributed by atoms with E-state index in [9.17, 15) is 0 Å². The maximum Gasteiger partial charge on any atom is 0.0451 e. The van der Waals surface area contributed by atoms with Gasteiger partial charge in [0, 0.05) is 18.1 Å². The minimum atomic E-state index is 0. The Morgan fingerprint density at radius 1 is 1.05 bits per heavy atom. The van der Waals surface area contributed by atoms with Gasteiger partial charge >= 0.3 is 0 Å². The van der Waals surface area contributed by atoms with E-state index < -0.39 is 0 Å². The average molecular weight is 345 g/mol. The molecule has 1 fully saturated rings. The van der Waals surface area contributed by atoms with Gasteiger partial charge in [0.2, 0.25) is 0 Å². The fraction of sp³-hybridized carbons (Fsp3) is 0.571. The highest BCUT2D eigenvalue weighted by atomic mass is 35.5. The minimum Gasteiger partial charge on any atom is -0.215 e. The summed E-state index contributed by atoms with van der Waals surface area (Å²) in [6.07, 6.45) is 6.77. The maximum absolute atomic E-state index is 6.30. The molecule has 0 spiro atoms. The van der Waals surface area contributed by atoms with Crippen molar-refractivity contribution in [3.05, 3.63) is 34.9 Å². The first-order valence-corrected chi connectivity index (χ1v) is 7.11. The van der Waals surface area contributed by atoms with Gasteiger partial charge in [0.05, 0.1) is 0 Å². The lowest BCUT2D eigenvalue weighted by Gasteiger charge is -2.25. The summed E-state index contributed by atoms with van der Waals surface area (Å²) in [5.41, 5.74) is 1.11. The van der Waals surface area contributed by atoms with Gasteiger partial charge in [0.1, 0.15) is 0 Å². The first kappa shape index (κ1) is 19.3. The predicted molar refractivity (Wildman–Crippen MR) is 88.8 cm³/mol. The van der Waals surface area contributed by atoms with Crippen LogP contribution in [0.25, 0.3) is 0 Å². The molecule has 0 heterocycles. The number of rotatable bonds is 4. The molecule has 5 heteroatoms. The summed E-state index contributed by atoms with van der Waals surface area (Å²) in [6.45, 7) is 1.71. The molecule has 1 aromatic carbocycles. The van der Waals surface area contributed by atoms with Crippen molar-refractivity contribution in [1.29, 1.82) is 0 Å². The van der Waals surface area contributed by atoms with Crippen molar-refractivity contribution < 1.29 is 0 Å². The van der Waals surface area contributed by atoms with Gasteiger partial charge in [-0.05, 0) is 42.2 Å². The van der Waals surface area contributed by atoms with Gasteiger partial charge in [-0.3, -0.25) is 0 Å². The molecule has 1 aliphatic carbocycles. The van der Waals surface area contributed by atoms with Crippen molar-refractivity contribution in [1.82, 2.24) is 4.42 Å². The van der Waals surface area contributed by atoms with Gasteiger partial charge in [0.25, 0.3) is 0 Å². The van der Waals surface area contributed by atoms with Crippen molar-refractivity contribution in [3.8, 4) is 0 Å². The Labute approximate surface area is 138 Å². The van der Waals surface area contributed by atoms with E-state index in [-0.39, 0.29) is 24.8 Å². The molecule has 1 aromatic rings. The molecule has 0 saturated heterocycles. The van der Waals surface area contributed by atoms with Gasteiger partial charge in [0.15, 0.2) is 0 Å². The molecule has 0 N–H and O–H groups in total. The highest BCUT2D eigenvalue weighted by Crippen LogP contribution is 2.26. The zero-order valence-corrected chi connectivity index (χ0v) is 14.0. The second kappa shape index (κ2) is 10.1. The van der Waals surface area contributed by atoms with Gasteiger partial charge in [-0.25, -0.2) is 4.42 Å². The zero-order chi connectivity index (χ0) is 12.1. The molecule has 0 amide bonds. The van der Waals surface area contributed by atoms with Crippen molar-refractivity contribution in [2.45, 2.75) is 38.6 Å². The van der Waals surface area contributed by atoms with Crippen LogP contribution in [0.4, 0.5) is 0 Å². The normalized spacial score (nSPS) is 15.7. The van der Waals surface area contributed by atoms with Crippen molar-refractivity contribution in [3.63, 3.8) is 0 Å². The molecule has 1 aliphatic rings. The predicted octanol–water partition coefficient (Wildman–Crippen LogP) is 5.72. The number of hydrogen-bond acceptors (Lipinski definition) is 1. The van der Waals surface area contributed by atoms with Gasteiger partial charge in [-0.15, -0.1) is 24.8 Å². The molecule has 0 bridgehead atoms. The lowest BCUT2D eigenvalue weighted by atomic mass is 9.89. The second-order valence-electron chi connectivity index (χ2n) is 4.90. The van der Waals surface area contributed by atoms with Gasteiger partial charge in [-0.2, -0.15) is 0 Å². The monoisotopic (exact) mass is 343 g/mol. The molecule has 0 unspecified atom stereocenters. The van der Waals surface area contributed by atoms with E-state index in [1.807, 2.05) is 28.7 Å². The Morgan fingerprint density at radius 2 is 1.68 bits per heavy atom. The standard InChI is InChI=1S/C14H19Cl2N.2ClH/c15-14-9-5-4-8-13(14)11-17(16)10-12-6-2-1-3-7-12;;/h4-5,8-9,12H,1-3,6-7,10-11H2;2*1H. The fourth-order valence-corrected chi connectivity index (χ4v) is 3.05. The number of nitrogens with zero attached hydrogens (tertiary/aromatic N) is 1. The molecule has 1 nitrogen and oxygen atoms in total. The maximum atomic E-state index is 6.30. The Bertz CT molecular complexity index is 353. The Balaban J connectivity index is 0.00000162. The van der Waals surface area contributed by atoms with E-state index in [0.29, 0.717) is 0 Å². The molecule has 0 aromatic heterocycles. The van der Waals surface area contributed by atoms with Crippen LogP contribution in [0.15, 0.2) is 24.3 Å². The van der Waals surface area contributed by atoms with Gasteiger partial charge in [-0.1, -0.05) is 49.1 Å². The third-order valence-electron chi connectivity index (χ3n) is 3.48. The molecule has 1 saturated carbocycles. The third-order valence-corrected chi connectivity index (χ3v) is 4.11. The number of benzene rings is 1. The molecule has 0 radical (unpaired) electrons. The Kier molecular flexibility index (Phi) is 10.3. The van der Waals surface area contributed by atoms with Crippen molar-refractivity contribution >= 4 is 48.2 Å². The van der Waals surface area contributed by atoms with Crippen molar-refractivity contribution in [2.75, 3.05) is 6.54 Å². The molecule has 2 rings (SSSR count). The van der Waals surface area contributed by atoms with Crippen LogP contribution in [-0.2, 0) is 6.54 Å². The Hall–Kier alpha value is 0.340. The molecular formula is C14H21Cl4N. The van der Waals surface area contributed by atoms with E-state index in [2.05, 4.69) is 0 Å². The first-order valence-electron chi connectivity index (χ1n) is 6.40. The van der Waals surface area contributed by atoms with E-state index in [4.69, 9.17) is 23.4 Å². The SMILES string of the molecule is Cl.Cl.Clc1ccccc1CN(Cl)CC1CCCCC1. The third kappa shape index (κ3) is 6.55. The molecular weight excluding hydrogens is 324 g/mol. The summed E-state index contributed by atoms with van der Waals surface area (Å²) >= 11 is 12.4. The highest BCUT2D eigenvalue weighted by Gasteiger charge is 2.16. The van der Waals surface area contributed by atoms with Crippen molar-refractivity contribution in [2.24, 2.45) is 5.92 Å². The van der Waals surface area contributed by atoms with Crippen LogP contribution in [0, 0.1) is 5.92 Å². The lowest BCUT2D eigenvalue weighted by Crippen LogP contribution is -2.22. The summed E-state index contributed by atoms with van der Waals surface area (Å²) in [6, 6.07) is 7.92. The lowest BCUT2D eigenvalue weighted by molar-refractivity contribution is 0.283. The summed E-state index contributed by atoms with van der Waals surface area (Å²) in [4.78, 5) is 0. The second-order valence-corrected chi connectivity index (χ2v) is 5.78. The first-order chi connectivity index (χ1) is 8.25. The summed E-state index contributed by atoms with van der Waals surface area (Å²) in [5.74, 6) is 0.767. The zero-order valence-electron chi connectivity index (χ0n) is 10.9. The van der Waals surface area contributed by atoms with Crippen LogP contribution in [0.3, 0.4) is 0 Å². The summed E-state index contributed by atoms with van der Waals surface area (Å²) in [5, 5.41) is 0.807. The average Bonchev–Trinajstić information content (AvgIpc) is 2.33. The van der Waals surface area contributed by atoms with Crippen LogP contribution < -0.4 is 0 Å². The van der Waals surface area contributed by atoms with Crippen LogP contribution in [-0.4, -0.2) is 11.0 Å². The van der Waals surface area contributed by atoms with Crippen LogP contribution in [0.1, 0.15) is 37.7 Å². The van der Waals surface area contributed by atoms with E-state index in [1.54, 1.807) is 0 Å². The smallest absolute Gasteiger partial charge is 0.0451 e. The summed E-state index contributed by atoms with van der Waals surface area (Å²) in [7, 11) is 0. The molecule has 0 atom stereocenters. The van der Waals surface area contributed by atoms with Gasteiger partial charge < -0.3 is 0 Å². The van der Waals surface area contributed by atoms with E-state index in [1.165, 1.54) is 32.1 Å². The topological polar surface area (TPSA) is 3.24 Å². The fourth-order valence-electron chi connectivity index (χ4n) is 2.53.